The van der Waals surface area contributed by atoms with Crippen LogP contribution in [0.5, 0.6) is 0 Å². The number of benzene rings is 5. The van der Waals surface area contributed by atoms with E-state index in [-0.39, 0.29) is 46.1 Å². The van der Waals surface area contributed by atoms with Gasteiger partial charge in [0.2, 0.25) is 0 Å². The fraction of sp³-hybridized carbons (Fsp3) is 0.534. The highest BCUT2D eigenvalue weighted by molar-refractivity contribution is 6.68. The number of carbonyl (C=O) groups excluding carboxylic acids is 9. The number of rotatable bonds is 27. The Morgan fingerprint density at radius 1 is 0.376 bits per heavy atom. The number of methoxy groups -OCH3 is 3. The lowest BCUT2D eigenvalue weighted by atomic mass is 10.1. The van der Waals surface area contributed by atoms with Gasteiger partial charge in [0.1, 0.15) is 5.60 Å². The Bertz CT molecular complexity index is 3910. The van der Waals surface area contributed by atoms with Gasteiger partial charge < -0.3 is 88.6 Å². The molecule has 0 aliphatic carbocycles. The number of nitrogens with zero attached hydrogens (tertiary/aromatic N) is 9. The second-order valence-corrected chi connectivity index (χ2v) is 30.4. The Morgan fingerprint density at radius 3 is 0.872 bits per heavy atom. The van der Waals surface area contributed by atoms with Crippen LogP contribution in [-0.2, 0) is 47.4 Å². The normalized spacial score (nSPS) is 15.6. The number of halogens is 2. The number of carboxylic acids is 2. The number of nitrogens with two attached hydrogens (primary N) is 1. The molecule has 35 nitrogen and oxygen atoms in total. The van der Waals surface area contributed by atoms with Crippen LogP contribution in [0.15, 0.2) is 121 Å². The zero-order chi connectivity index (χ0) is 91.9. The molecule has 0 bridgehead atoms. The summed E-state index contributed by atoms with van der Waals surface area (Å²) in [5.74, 6) is -3.92. The van der Waals surface area contributed by atoms with Crippen LogP contribution >= 0.6 is 23.2 Å². The number of morpholine rings is 6. The van der Waals surface area contributed by atoms with E-state index in [1.165, 1.54) is 75.9 Å². The smallest absolute Gasteiger partial charge is 0.407 e. The Hall–Kier alpha value is -9.51. The minimum atomic E-state index is -1.06. The van der Waals surface area contributed by atoms with Crippen molar-refractivity contribution in [2.45, 2.75) is 26.4 Å². The highest BCUT2D eigenvalue weighted by Gasteiger charge is 2.23. The number of carboxylic acid groups (broad SMARTS) is 2. The van der Waals surface area contributed by atoms with Crippen molar-refractivity contribution in [1.82, 2.24) is 54.7 Å². The van der Waals surface area contributed by atoms with E-state index in [0.717, 1.165) is 210 Å². The number of ether oxygens (including phenoxy) is 10. The maximum absolute atomic E-state index is 12.4. The van der Waals surface area contributed by atoms with Crippen molar-refractivity contribution in [1.29, 1.82) is 0 Å². The van der Waals surface area contributed by atoms with Crippen LogP contribution in [0.1, 0.15) is 124 Å². The van der Waals surface area contributed by atoms with Gasteiger partial charge in [-0.15, -0.1) is 0 Å². The third-order valence-electron chi connectivity index (χ3n) is 19.4. The number of hydrogen-bond donors (Lipinski definition) is 5. The summed E-state index contributed by atoms with van der Waals surface area (Å²) in [5, 5.41) is 22.3. The molecule has 692 valence electrons. The first-order valence-corrected chi connectivity index (χ1v) is 42.2. The highest BCUT2D eigenvalue weighted by atomic mass is 35.5. The van der Waals surface area contributed by atoms with E-state index in [9.17, 15) is 52.7 Å². The van der Waals surface area contributed by atoms with E-state index < -0.39 is 45.9 Å². The average molecular weight is 1790 g/mol. The number of nitrogens with one attached hydrogen (secondary N) is 2. The van der Waals surface area contributed by atoms with Gasteiger partial charge in [0.05, 0.1) is 128 Å². The third-order valence-corrected chi connectivity index (χ3v) is 19.8. The molecule has 5 aromatic carbocycles. The van der Waals surface area contributed by atoms with Gasteiger partial charge in [-0.25, -0.2) is 28.8 Å². The van der Waals surface area contributed by atoms with Crippen LogP contribution in [0.3, 0.4) is 0 Å². The molecule has 6 saturated heterocycles. The van der Waals surface area contributed by atoms with E-state index >= 15 is 0 Å². The lowest BCUT2D eigenvalue weighted by Crippen LogP contribution is -2.42. The first kappa shape index (κ1) is 108. The van der Waals surface area contributed by atoms with Crippen LogP contribution < -0.4 is 16.4 Å². The molecule has 0 spiro atoms. The Balaban J connectivity index is 0.000000305. The van der Waals surface area contributed by atoms with Crippen LogP contribution in [0.2, 0.25) is 0 Å². The average Bonchev–Trinajstić information content (AvgIpc) is 0.771. The summed E-state index contributed by atoms with van der Waals surface area (Å²) in [7, 11) is 11.1. The number of alkyl carbamates (subject to hydrolysis) is 1. The number of amides is 4. The molecule has 6 heterocycles. The van der Waals surface area contributed by atoms with Crippen molar-refractivity contribution in [3.8, 4) is 0 Å². The molecule has 0 saturated carbocycles. The van der Waals surface area contributed by atoms with Gasteiger partial charge in [-0.2, -0.15) is 0 Å². The summed E-state index contributed by atoms with van der Waals surface area (Å²) >= 11 is 10.7. The molecular weight excluding hydrogens is 1660 g/mol. The first-order chi connectivity index (χ1) is 59.9. The Morgan fingerprint density at radius 2 is 0.608 bits per heavy atom. The van der Waals surface area contributed by atoms with Crippen LogP contribution in [0.4, 0.5) is 4.79 Å². The number of aromatic carboxylic acids is 2. The molecule has 4 amide bonds. The second kappa shape index (κ2) is 61.8. The van der Waals surface area contributed by atoms with E-state index in [1.54, 1.807) is 103 Å². The van der Waals surface area contributed by atoms with Crippen LogP contribution in [0.25, 0.3) is 0 Å². The van der Waals surface area contributed by atoms with Crippen molar-refractivity contribution in [3.63, 3.8) is 0 Å². The van der Waals surface area contributed by atoms with E-state index in [4.69, 9.17) is 72.3 Å². The number of likely N-dealkylation sites (N-methyl/N-ethyl adjacent to an activating group) is 4. The summed E-state index contributed by atoms with van der Waals surface area (Å²) in [4.78, 5) is 144. The minimum Gasteiger partial charge on any atom is -0.478 e. The van der Waals surface area contributed by atoms with Crippen molar-refractivity contribution >= 4 is 87.3 Å². The molecule has 11 rings (SSSR count). The first-order valence-electron chi connectivity index (χ1n) is 41.4. The molecule has 0 aromatic heterocycles. The van der Waals surface area contributed by atoms with Gasteiger partial charge in [-0.05, 0) is 130 Å². The third kappa shape index (κ3) is 45.0. The van der Waals surface area contributed by atoms with E-state index in [0.29, 0.717) is 59.6 Å². The number of carbonyl (C=O) groups is 11. The summed E-state index contributed by atoms with van der Waals surface area (Å²) in [6.45, 7) is 36.5. The van der Waals surface area contributed by atoms with E-state index in [1.807, 2.05) is 27.8 Å². The lowest BCUT2D eigenvalue weighted by Gasteiger charge is -2.28. The fourth-order valence-electron chi connectivity index (χ4n) is 12.1. The topological polar surface area (TPSA) is 400 Å². The lowest BCUT2D eigenvalue weighted by molar-refractivity contribution is 0.0336. The van der Waals surface area contributed by atoms with Crippen molar-refractivity contribution in [2.75, 3.05) is 286 Å². The predicted octanol–water partition coefficient (Wildman–Crippen LogP) is 5.82. The van der Waals surface area contributed by atoms with Crippen molar-refractivity contribution in [3.05, 3.63) is 177 Å². The molecule has 125 heavy (non-hydrogen) atoms. The largest absolute Gasteiger partial charge is 0.478 e. The molecule has 37 heteroatoms. The summed E-state index contributed by atoms with van der Waals surface area (Å²) < 4.78 is 50.2. The second-order valence-electron chi connectivity index (χ2n) is 29.8. The van der Waals surface area contributed by atoms with Gasteiger partial charge in [0.25, 0.3) is 28.2 Å². The Labute approximate surface area is 743 Å². The quantitative estimate of drug-likeness (QED) is 0.0235. The monoisotopic (exact) mass is 1790 g/mol. The van der Waals surface area contributed by atoms with Gasteiger partial charge in [0.15, 0.2) is 0 Å². The van der Waals surface area contributed by atoms with Gasteiger partial charge in [0, 0.05) is 206 Å². The predicted molar refractivity (Wildman–Crippen MR) is 472 cm³/mol. The molecular formula is C88H128Cl2N12O23. The summed E-state index contributed by atoms with van der Waals surface area (Å²) in [5.41, 5.74) is 8.08. The molecule has 0 unspecified atom stereocenters. The molecule has 6 fully saturated rings. The molecule has 0 atom stereocenters. The SMILES string of the molecule is CC(C)(C)OC(=O)NCCN1CCOCC1.CN(CCN1CCOCC1)C(=O)c1cccc(C(=O)Cl)c1.CN(CCN1CCOCC1)C(=O)c1cccc(C(=O)O)c1.CNCCN1CCOCC1.COC(=O)c1cccc(C(=O)Cl)c1.COC(=O)c1cccc(C(=O)N(C)CCN2CCOCC2)c1.COC(=O)c1cccc(C(=O)O)c1.NCCN1CCOCC1. The maximum Gasteiger partial charge on any atom is 0.407 e. The number of esters is 3. The zero-order valence-electron chi connectivity index (χ0n) is 73.8. The minimum absolute atomic E-state index is 0.0721. The summed E-state index contributed by atoms with van der Waals surface area (Å²) in [6, 6.07) is 30.9. The zero-order valence-corrected chi connectivity index (χ0v) is 75.3. The standard InChI is InChI=1S/C16H22N2O4.C15H19ClN2O3.C15H20N2O4.C11H22N2O3.C9H7ClO3.C9H8O4.C7H16N2O.C6H14N2O/c1-17(6-7-18-8-10-22-11-9-18)15(19)13-4-3-5-14(12-13)16(20)21-2;1-17(5-6-18-7-9-21-10-8-18)15(20)13-4-2-3-12(11-13)14(16)19;1-16(5-6-17-7-9-21-10-8-17)14(18)12-3-2-4-13(11-12)15(19)20;1-11(2,3)16-10(14)12-4-5-13-6-8-15-9-7-13;2*1-13-9(12)7-4-2-3-6(5-7)8(10)11;1-8-2-3-9-4-6-10-7-5-9;7-1-2-8-3-5-9-6-4-8/h3-5,12H,6-11H2,1-2H3;2-4,11H,5-10H2,1H3;2-4,11H,5-10H2,1H3,(H,19,20);4-9H2,1-3H3,(H,12,14);2-5H,1H3;2-5H,1H3,(H,10,11);8H,2-7H2,1H3;1-7H2. The van der Waals surface area contributed by atoms with Gasteiger partial charge in [-0.1, -0.05) is 42.5 Å². The van der Waals surface area contributed by atoms with Crippen LogP contribution in [0, 0.1) is 0 Å². The molecule has 6 aliphatic rings. The molecule has 0 radical (unpaired) electrons. The van der Waals surface area contributed by atoms with Crippen molar-refractivity contribution in [2.24, 2.45) is 5.73 Å². The molecule has 6 aliphatic heterocycles. The van der Waals surface area contributed by atoms with Crippen molar-refractivity contribution < 1.29 is 110 Å². The van der Waals surface area contributed by atoms with Gasteiger partial charge >= 0.3 is 35.9 Å². The number of hydrogen-bond acceptors (Lipinski definition) is 29. The Kier molecular flexibility index (Phi) is 53.3. The maximum atomic E-state index is 12.4. The van der Waals surface area contributed by atoms with Crippen LogP contribution in [-0.4, -0.2) is 410 Å². The molecule has 6 N–H and O–H groups in total. The van der Waals surface area contributed by atoms with Gasteiger partial charge in [-0.3, -0.25) is 53.4 Å². The van der Waals surface area contributed by atoms with E-state index in [2.05, 4.69) is 54.2 Å². The fourth-order valence-corrected chi connectivity index (χ4v) is 12.3. The molecule has 5 aromatic rings. The summed E-state index contributed by atoms with van der Waals surface area (Å²) in [6.07, 6.45) is -0.347. The highest BCUT2D eigenvalue weighted by Crippen LogP contribution is 2.16.